The summed E-state index contributed by atoms with van der Waals surface area (Å²) in [6, 6.07) is 26.1. The molecule has 3 aromatic carbocycles. The number of nitrogens with one attached hydrogen (secondary N) is 2. The summed E-state index contributed by atoms with van der Waals surface area (Å²) in [5.41, 5.74) is 5.50. The van der Waals surface area contributed by atoms with Crippen LogP contribution in [0.3, 0.4) is 0 Å². The van der Waals surface area contributed by atoms with E-state index in [1.807, 2.05) is 47.4 Å². The maximum atomic E-state index is 13.3. The fraction of sp³-hybridized carbons (Fsp3) is 0.333. The second-order valence-corrected chi connectivity index (χ2v) is 9.43. The Labute approximate surface area is 208 Å². The lowest BCUT2D eigenvalue weighted by molar-refractivity contribution is -0.129. The molecule has 1 heterocycles. The molecule has 1 fully saturated rings. The summed E-state index contributed by atoms with van der Waals surface area (Å²) < 4.78 is 0. The average molecular weight is 470 g/mol. The summed E-state index contributed by atoms with van der Waals surface area (Å²) in [4.78, 5) is 26.8. The number of hydrogen-bond donors (Lipinski definition) is 2. The third-order valence-corrected chi connectivity index (χ3v) is 6.87. The van der Waals surface area contributed by atoms with E-state index < -0.39 is 6.04 Å². The Morgan fingerprint density at radius 3 is 2.20 bits per heavy atom. The van der Waals surface area contributed by atoms with Crippen molar-refractivity contribution < 1.29 is 9.59 Å². The van der Waals surface area contributed by atoms with Crippen LogP contribution >= 0.6 is 0 Å². The first-order valence-electron chi connectivity index (χ1n) is 12.5. The van der Waals surface area contributed by atoms with Gasteiger partial charge in [0.15, 0.2) is 0 Å². The van der Waals surface area contributed by atoms with Crippen molar-refractivity contribution in [1.82, 2.24) is 10.2 Å². The molecule has 0 aromatic heterocycles. The second kappa shape index (κ2) is 11.8. The van der Waals surface area contributed by atoms with Crippen LogP contribution < -0.4 is 10.6 Å². The molecule has 0 unspecified atom stereocenters. The van der Waals surface area contributed by atoms with Gasteiger partial charge in [0.05, 0.1) is 0 Å². The van der Waals surface area contributed by atoms with E-state index in [0.29, 0.717) is 12.5 Å². The summed E-state index contributed by atoms with van der Waals surface area (Å²) in [5, 5.41) is 6.55. The number of benzene rings is 3. The Bertz CT molecular complexity index is 1100. The molecule has 1 atom stereocenters. The minimum Gasteiger partial charge on any atom is -0.343 e. The van der Waals surface area contributed by atoms with Crippen LogP contribution in [0.2, 0.25) is 0 Å². The molecule has 1 saturated heterocycles. The highest BCUT2D eigenvalue weighted by Gasteiger charge is 2.23. The Balaban J connectivity index is 1.37. The smallest absolute Gasteiger partial charge is 0.246 e. The van der Waals surface area contributed by atoms with E-state index in [0.717, 1.165) is 43.6 Å². The van der Waals surface area contributed by atoms with Crippen molar-refractivity contribution >= 4 is 17.5 Å². The second-order valence-electron chi connectivity index (χ2n) is 9.43. The van der Waals surface area contributed by atoms with Crippen molar-refractivity contribution in [2.45, 2.75) is 45.1 Å². The third-order valence-electron chi connectivity index (χ3n) is 6.87. The number of carbonyl (C=O) groups excluding carboxylic acids is 2. The van der Waals surface area contributed by atoms with Crippen LogP contribution in [0.25, 0.3) is 0 Å². The number of likely N-dealkylation sites (tertiary alicyclic amines) is 1. The van der Waals surface area contributed by atoms with Gasteiger partial charge in [-0.3, -0.25) is 9.59 Å². The molecule has 35 heavy (non-hydrogen) atoms. The van der Waals surface area contributed by atoms with E-state index in [1.165, 1.54) is 16.7 Å². The Morgan fingerprint density at radius 1 is 0.914 bits per heavy atom. The normalized spacial score (nSPS) is 15.0. The number of rotatable bonds is 8. The summed E-state index contributed by atoms with van der Waals surface area (Å²) in [6.45, 7) is 6.05. The predicted molar refractivity (Wildman–Crippen MR) is 141 cm³/mol. The lowest BCUT2D eigenvalue weighted by atomic mass is 9.89. The first-order chi connectivity index (χ1) is 17.0. The summed E-state index contributed by atoms with van der Waals surface area (Å²) in [7, 11) is 0. The van der Waals surface area contributed by atoms with Crippen LogP contribution in [0.5, 0.6) is 0 Å². The summed E-state index contributed by atoms with van der Waals surface area (Å²) >= 11 is 0. The largest absolute Gasteiger partial charge is 0.343 e. The average Bonchev–Trinajstić information content (AvgIpc) is 2.88. The standard InChI is InChI=1S/C30H35N3O2/c1-22-8-10-24(11-9-22)16-19-31-29(27-6-4-3-5-7-27)30(35)32-28-14-12-25(13-15-28)26-17-20-33(21-18-26)23(2)34/h3-15,26,29,31H,16-21H2,1-2H3,(H,32,35)/t29-/m0/s1. The zero-order valence-corrected chi connectivity index (χ0v) is 20.7. The molecule has 182 valence electrons. The van der Waals surface area contributed by atoms with Gasteiger partial charge in [-0.2, -0.15) is 0 Å². The van der Waals surface area contributed by atoms with Crippen LogP contribution in [0, 0.1) is 6.92 Å². The first-order valence-corrected chi connectivity index (χ1v) is 12.5. The molecule has 2 amide bonds. The maximum absolute atomic E-state index is 13.3. The number of hydrogen-bond acceptors (Lipinski definition) is 3. The van der Waals surface area contributed by atoms with E-state index in [4.69, 9.17) is 0 Å². The van der Waals surface area contributed by atoms with Crippen molar-refractivity contribution in [3.8, 4) is 0 Å². The third kappa shape index (κ3) is 6.80. The van der Waals surface area contributed by atoms with Crippen LogP contribution in [0.15, 0.2) is 78.9 Å². The van der Waals surface area contributed by atoms with Crippen LogP contribution in [0.1, 0.15) is 54.0 Å². The molecule has 0 aliphatic carbocycles. The zero-order chi connectivity index (χ0) is 24.6. The van der Waals surface area contributed by atoms with Crippen LogP contribution in [0.4, 0.5) is 5.69 Å². The van der Waals surface area contributed by atoms with Crippen molar-refractivity contribution in [2.75, 3.05) is 25.0 Å². The van der Waals surface area contributed by atoms with Crippen LogP contribution in [-0.2, 0) is 16.0 Å². The van der Waals surface area contributed by atoms with Crippen molar-refractivity contribution in [1.29, 1.82) is 0 Å². The van der Waals surface area contributed by atoms with Crippen molar-refractivity contribution in [3.05, 3.63) is 101 Å². The van der Waals surface area contributed by atoms with Gasteiger partial charge in [0, 0.05) is 32.2 Å². The lowest BCUT2D eigenvalue weighted by Crippen LogP contribution is -2.36. The molecule has 5 nitrogen and oxygen atoms in total. The SMILES string of the molecule is CC(=O)N1CCC(c2ccc(NC(=O)[C@@H](NCCc3ccc(C)cc3)c3ccccc3)cc2)CC1. The van der Waals surface area contributed by atoms with Gasteiger partial charge >= 0.3 is 0 Å². The van der Waals surface area contributed by atoms with E-state index in [-0.39, 0.29) is 11.8 Å². The van der Waals surface area contributed by atoms with Gasteiger partial charge in [0.25, 0.3) is 0 Å². The van der Waals surface area contributed by atoms with E-state index in [2.05, 4.69) is 54.0 Å². The first kappa shape index (κ1) is 24.7. The van der Waals surface area contributed by atoms with Gasteiger partial charge in [0.1, 0.15) is 6.04 Å². The predicted octanol–water partition coefficient (Wildman–Crippen LogP) is 5.23. The van der Waals surface area contributed by atoms with Gasteiger partial charge in [-0.05, 0) is 60.9 Å². The number of anilines is 1. The highest BCUT2D eigenvalue weighted by Crippen LogP contribution is 2.29. The highest BCUT2D eigenvalue weighted by atomic mass is 16.2. The van der Waals surface area contributed by atoms with Gasteiger partial charge < -0.3 is 15.5 Å². The minimum atomic E-state index is -0.433. The molecular formula is C30H35N3O2. The lowest BCUT2D eigenvalue weighted by Gasteiger charge is -2.31. The van der Waals surface area contributed by atoms with Gasteiger partial charge in [-0.25, -0.2) is 0 Å². The van der Waals surface area contributed by atoms with Crippen LogP contribution in [-0.4, -0.2) is 36.3 Å². The van der Waals surface area contributed by atoms with E-state index in [1.54, 1.807) is 6.92 Å². The Kier molecular flexibility index (Phi) is 8.32. The molecule has 3 aromatic rings. The minimum absolute atomic E-state index is 0.0670. The number of carbonyl (C=O) groups is 2. The van der Waals surface area contributed by atoms with Crippen molar-refractivity contribution in [2.24, 2.45) is 0 Å². The molecular weight excluding hydrogens is 434 g/mol. The molecule has 0 saturated carbocycles. The molecule has 4 rings (SSSR count). The molecule has 5 heteroatoms. The molecule has 0 radical (unpaired) electrons. The fourth-order valence-electron chi connectivity index (χ4n) is 4.70. The maximum Gasteiger partial charge on any atom is 0.246 e. The Hall–Kier alpha value is -3.44. The quantitative estimate of drug-likeness (QED) is 0.475. The Morgan fingerprint density at radius 2 is 1.57 bits per heavy atom. The topological polar surface area (TPSA) is 61.4 Å². The van der Waals surface area contributed by atoms with E-state index >= 15 is 0 Å². The monoisotopic (exact) mass is 469 g/mol. The highest BCUT2D eigenvalue weighted by molar-refractivity contribution is 5.95. The van der Waals surface area contributed by atoms with Gasteiger partial charge in [0.2, 0.25) is 11.8 Å². The van der Waals surface area contributed by atoms with Gasteiger partial charge in [-0.15, -0.1) is 0 Å². The summed E-state index contributed by atoms with van der Waals surface area (Å²) in [6.07, 6.45) is 2.81. The number of piperidine rings is 1. The molecule has 2 N–H and O–H groups in total. The summed E-state index contributed by atoms with van der Waals surface area (Å²) in [5.74, 6) is 0.542. The fourth-order valence-corrected chi connectivity index (χ4v) is 4.70. The van der Waals surface area contributed by atoms with Crippen molar-refractivity contribution in [3.63, 3.8) is 0 Å². The molecule has 0 bridgehead atoms. The molecule has 0 spiro atoms. The molecule has 1 aliphatic heterocycles. The number of amides is 2. The molecule has 1 aliphatic rings. The number of nitrogens with zero attached hydrogens (tertiary/aromatic N) is 1. The number of aryl methyl sites for hydroxylation is 1. The van der Waals surface area contributed by atoms with E-state index in [9.17, 15) is 9.59 Å². The zero-order valence-electron chi connectivity index (χ0n) is 20.7. The van der Waals surface area contributed by atoms with Gasteiger partial charge in [-0.1, -0.05) is 72.3 Å².